The number of carbonyl (C=O) groups excluding carboxylic acids is 1. The number of nitrogens with zero attached hydrogens (tertiary/aromatic N) is 3. The number of hydrazone groups is 1. The number of furan rings is 1. The van der Waals surface area contributed by atoms with Crippen molar-refractivity contribution in [1.29, 1.82) is 0 Å². The average Bonchev–Trinajstić information content (AvgIpc) is 3.15. The summed E-state index contributed by atoms with van der Waals surface area (Å²) in [6.45, 7) is 1.60. The first kappa shape index (κ1) is 16.1. The standard InChI is InChI=1S/C16H11N3O6/c1-9-13(8-12-5-6-14(25-12)19(23)24)15(20)18(17-9)11-4-2-3-10(7-11)16(21)22/h2-8H,1H3,(H,21,22)/b13-8-. The SMILES string of the molecule is CC1=NN(c2cccc(C(=O)O)c2)C(=O)/C1=C\c1ccc([N+](=O)[O-])o1. The Morgan fingerprint density at radius 3 is 2.76 bits per heavy atom. The number of carboxylic acids is 1. The van der Waals surface area contributed by atoms with Crippen LogP contribution in [0.1, 0.15) is 23.0 Å². The van der Waals surface area contributed by atoms with Gasteiger partial charge in [0.05, 0.1) is 28.6 Å². The lowest BCUT2D eigenvalue weighted by molar-refractivity contribution is -0.402. The smallest absolute Gasteiger partial charge is 0.433 e. The van der Waals surface area contributed by atoms with E-state index in [9.17, 15) is 19.7 Å². The van der Waals surface area contributed by atoms with Gasteiger partial charge in [0.25, 0.3) is 5.91 Å². The van der Waals surface area contributed by atoms with Crippen LogP contribution in [0.2, 0.25) is 0 Å². The number of benzene rings is 1. The highest BCUT2D eigenvalue weighted by Gasteiger charge is 2.29. The van der Waals surface area contributed by atoms with E-state index < -0.39 is 22.7 Å². The molecule has 0 atom stereocenters. The molecule has 9 heteroatoms. The highest BCUT2D eigenvalue weighted by molar-refractivity contribution is 6.32. The molecule has 0 spiro atoms. The fraction of sp³-hybridized carbons (Fsp3) is 0.0625. The van der Waals surface area contributed by atoms with Crippen molar-refractivity contribution in [2.75, 3.05) is 5.01 Å². The zero-order chi connectivity index (χ0) is 18.1. The van der Waals surface area contributed by atoms with E-state index in [4.69, 9.17) is 9.52 Å². The van der Waals surface area contributed by atoms with Gasteiger partial charge in [0.15, 0.2) is 0 Å². The van der Waals surface area contributed by atoms with Crippen molar-refractivity contribution < 1.29 is 24.0 Å². The largest absolute Gasteiger partial charge is 0.478 e. The molecular weight excluding hydrogens is 330 g/mol. The number of hydrogen-bond acceptors (Lipinski definition) is 6. The molecule has 126 valence electrons. The van der Waals surface area contributed by atoms with Gasteiger partial charge in [0.2, 0.25) is 0 Å². The van der Waals surface area contributed by atoms with Gasteiger partial charge in [-0.3, -0.25) is 14.9 Å². The number of anilines is 1. The van der Waals surface area contributed by atoms with Gasteiger partial charge < -0.3 is 9.52 Å². The van der Waals surface area contributed by atoms with E-state index in [1.165, 1.54) is 36.4 Å². The van der Waals surface area contributed by atoms with Gasteiger partial charge in [-0.15, -0.1) is 0 Å². The third-order valence-corrected chi connectivity index (χ3v) is 3.48. The monoisotopic (exact) mass is 341 g/mol. The lowest BCUT2D eigenvalue weighted by Gasteiger charge is -2.12. The molecule has 0 unspecified atom stereocenters. The summed E-state index contributed by atoms with van der Waals surface area (Å²) in [5, 5.41) is 24.9. The van der Waals surface area contributed by atoms with E-state index in [0.717, 1.165) is 5.01 Å². The molecule has 1 aliphatic rings. The number of aromatic carboxylic acids is 1. The summed E-state index contributed by atoms with van der Waals surface area (Å²) in [7, 11) is 0. The number of carboxylic acid groups (broad SMARTS) is 1. The zero-order valence-corrected chi connectivity index (χ0v) is 12.9. The van der Waals surface area contributed by atoms with Gasteiger partial charge in [-0.2, -0.15) is 10.1 Å². The van der Waals surface area contributed by atoms with E-state index in [1.54, 1.807) is 13.0 Å². The molecular formula is C16H11N3O6. The molecule has 0 fully saturated rings. The van der Waals surface area contributed by atoms with Crippen molar-refractivity contribution in [3.8, 4) is 0 Å². The van der Waals surface area contributed by atoms with Crippen LogP contribution in [-0.4, -0.2) is 27.6 Å². The van der Waals surface area contributed by atoms with Gasteiger partial charge in [0.1, 0.15) is 10.7 Å². The summed E-state index contributed by atoms with van der Waals surface area (Å²) in [5.74, 6) is -1.89. The van der Waals surface area contributed by atoms with Crippen molar-refractivity contribution in [1.82, 2.24) is 0 Å². The predicted molar refractivity (Wildman–Crippen MR) is 87.3 cm³/mol. The maximum absolute atomic E-state index is 12.6. The minimum atomic E-state index is -1.12. The Bertz CT molecular complexity index is 956. The first-order valence-corrected chi connectivity index (χ1v) is 7.06. The Labute approximate surface area is 140 Å². The Balaban J connectivity index is 1.93. The lowest BCUT2D eigenvalue weighted by Crippen LogP contribution is -2.21. The normalized spacial score (nSPS) is 15.6. The molecule has 9 nitrogen and oxygen atoms in total. The highest BCUT2D eigenvalue weighted by atomic mass is 16.6. The quantitative estimate of drug-likeness (QED) is 0.517. The van der Waals surface area contributed by atoms with E-state index in [2.05, 4.69) is 5.10 Å². The molecule has 2 aromatic rings. The number of nitro groups is 1. The highest BCUT2D eigenvalue weighted by Crippen LogP contribution is 2.27. The Hall–Kier alpha value is -3.75. The van der Waals surface area contributed by atoms with Crippen molar-refractivity contribution in [2.24, 2.45) is 5.10 Å². The molecule has 0 aliphatic carbocycles. The molecule has 3 rings (SSSR count). The Morgan fingerprint density at radius 1 is 1.36 bits per heavy atom. The van der Waals surface area contributed by atoms with Crippen LogP contribution in [0.15, 0.2) is 51.5 Å². The van der Waals surface area contributed by atoms with Crippen molar-refractivity contribution in [3.63, 3.8) is 0 Å². The topological polar surface area (TPSA) is 126 Å². The van der Waals surface area contributed by atoms with Crippen LogP contribution >= 0.6 is 0 Å². The summed E-state index contributed by atoms with van der Waals surface area (Å²) in [5.41, 5.74) is 0.907. The predicted octanol–water partition coefficient (Wildman–Crippen LogP) is 2.69. The van der Waals surface area contributed by atoms with Gasteiger partial charge in [-0.25, -0.2) is 4.79 Å². The molecule has 1 N–H and O–H groups in total. The average molecular weight is 341 g/mol. The maximum atomic E-state index is 12.6. The van der Waals surface area contributed by atoms with E-state index in [1.807, 2.05) is 0 Å². The minimum Gasteiger partial charge on any atom is -0.478 e. The van der Waals surface area contributed by atoms with Gasteiger partial charge in [-0.1, -0.05) is 6.07 Å². The zero-order valence-electron chi connectivity index (χ0n) is 12.9. The summed E-state index contributed by atoms with van der Waals surface area (Å²) < 4.78 is 5.02. The molecule has 0 bridgehead atoms. The number of rotatable bonds is 4. The number of carbonyl (C=O) groups is 2. The van der Waals surface area contributed by atoms with Gasteiger partial charge in [0, 0.05) is 0 Å². The van der Waals surface area contributed by atoms with E-state index in [-0.39, 0.29) is 16.9 Å². The van der Waals surface area contributed by atoms with E-state index in [0.29, 0.717) is 11.4 Å². The summed E-state index contributed by atoms with van der Waals surface area (Å²) in [6.07, 6.45) is 1.36. The number of amides is 1. The molecule has 1 aromatic heterocycles. The fourth-order valence-electron chi connectivity index (χ4n) is 2.29. The van der Waals surface area contributed by atoms with Crippen LogP contribution in [-0.2, 0) is 4.79 Å². The van der Waals surface area contributed by atoms with Gasteiger partial charge >= 0.3 is 11.9 Å². The Morgan fingerprint density at radius 2 is 2.12 bits per heavy atom. The second kappa shape index (κ2) is 6.04. The van der Waals surface area contributed by atoms with E-state index >= 15 is 0 Å². The van der Waals surface area contributed by atoms with Crippen LogP contribution in [0.4, 0.5) is 11.6 Å². The molecule has 1 aliphatic heterocycles. The first-order valence-electron chi connectivity index (χ1n) is 7.06. The third kappa shape index (κ3) is 3.02. The summed E-state index contributed by atoms with van der Waals surface area (Å²) >= 11 is 0. The van der Waals surface area contributed by atoms with Crippen LogP contribution < -0.4 is 5.01 Å². The lowest BCUT2D eigenvalue weighted by atomic mass is 10.1. The molecule has 0 saturated carbocycles. The van der Waals surface area contributed by atoms with Crippen molar-refractivity contribution in [3.05, 3.63) is 63.4 Å². The summed E-state index contributed by atoms with van der Waals surface area (Å²) in [6, 6.07) is 8.36. The second-order valence-corrected chi connectivity index (χ2v) is 5.15. The van der Waals surface area contributed by atoms with Crippen molar-refractivity contribution >= 4 is 35.2 Å². The summed E-state index contributed by atoms with van der Waals surface area (Å²) in [4.78, 5) is 33.6. The number of hydrogen-bond donors (Lipinski definition) is 1. The molecule has 25 heavy (non-hydrogen) atoms. The molecule has 1 amide bonds. The first-order chi connectivity index (χ1) is 11.9. The van der Waals surface area contributed by atoms with Crippen LogP contribution in [0.3, 0.4) is 0 Å². The van der Waals surface area contributed by atoms with Crippen LogP contribution in [0, 0.1) is 10.1 Å². The van der Waals surface area contributed by atoms with Crippen LogP contribution in [0.5, 0.6) is 0 Å². The third-order valence-electron chi connectivity index (χ3n) is 3.48. The van der Waals surface area contributed by atoms with Crippen molar-refractivity contribution in [2.45, 2.75) is 6.92 Å². The fourth-order valence-corrected chi connectivity index (χ4v) is 2.29. The molecule has 2 heterocycles. The molecule has 0 saturated heterocycles. The minimum absolute atomic E-state index is 0.0252. The Kier molecular flexibility index (Phi) is 3.89. The second-order valence-electron chi connectivity index (χ2n) is 5.15. The molecule has 1 aromatic carbocycles. The molecule has 0 radical (unpaired) electrons. The van der Waals surface area contributed by atoms with Crippen LogP contribution in [0.25, 0.3) is 6.08 Å². The maximum Gasteiger partial charge on any atom is 0.433 e. The van der Waals surface area contributed by atoms with Gasteiger partial charge in [-0.05, 0) is 37.3 Å².